The van der Waals surface area contributed by atoms with Gasteiger partial charge in [-0.2, -0.15) is 0 Å². The lowest BCUT2D eigenvalue weighted by molar-refractivity contribution is -0.145. The summed E-state index contributed by atoms with van der Waals surface area (Å²) in [7, 11) is 0. The van der Waals surface area contributed by atoms with Crippen LogP contribution in [-0.2, 0) is 20.9 Å². The minimum absolute atomic E-state index is 0.0909. The minimum atomic E-state index is -0.913. The molecule has 1 rings (SSSR count). The lowest BCUT2D eigenvalue weighted by Gasteiger charge is -2.15. The molecule has 0 saturated carbocycles. The van der Waals surface area contributed by atoms with Crippen molar-refractivity contribution in [2.45, 2.75) is 38.6 Å². The van der Waals surface area contributed by atoms with Gasteiger partial charge in [0.05, 0.1) is 38.4 Å². The summed E-state index contributed by atoms with van der Waals surface area (Å²) < 4.78 is 10.1. The number of esters is 1. The first-order valence-electron chi connectivity index (χ1n) is 6.75. The summed E-state index contributed by atoms with van der Waals surface area (Å²) in [4.78, 5) is 11.1. The molecular weight excluding hydrogens is 260 g/mol. The molecular formula is C15H22O5. The fourth-order valence-corrected chi connectivity index (χ4v) is 1.76. The molecule has 0 heterocycles. The van der Waals surface area contributed by atoms with Crippen LogP contribution in [0.5, 0.6) is 0 Å². The largest absolute Gasteiger partial charge is 0.466 e. The van der Waals surface area contributed by atoms with E-state index in [0.29, 0.717) is 6.61 Å². The Labute approximate surface area is 119 Å². The number of benzene rings is 1. The molecule has 1 aromatic rings. The van der Waals surface area contributed by atoms with Crippen molar-refractivity contribution in [2.75, 3.05) is 13.2 Å². The second kappa shape index (κ2) is 9.47. The molecule has 2 N–H and O–H groups in total. The lowest BCUT2D eigenvalue weighted by atomic mass is 10.1. The maximum atomic E-state index is 11.1. The van der Waals surface area contributed by atoms with Crippen LogP contribution in [0.2, 0.25) is 0 Å². The number of rotatable bonds is 9. The van der Waals surface area contributed by atoms with Crippen LogP contribution in [0.15, 0.2) is 30.3 Å². The third-order valence-corrected chi connectivity index (χ3v) is 2.67. The molecule has 0 aliphatic carbocycles. The fourth-order valence-electron chi connectivity index (χ4n) is 1.76. The van der Waals surface area contributed by atoms with Gasteiger partial charge in [0.15, 0.2) is 0 Å². The number of aliphatic hydroxyl groups excluding tert-OH is 2. The molecule has 5 heteroatoms. The summed E-state index contributed by atoms with van der Waals surface area (Å²) in [5, 5.41) is 19.3. The van der Waals surface area contributed by atoms with Crippen molar-refractivity contribution in [1.82, 2.24) is 0 Å². The first-order chi connectivity index (χ1) is 9.61. The fraction of sp³-hybridized carbons (Fsp3) is 0.533. The van der Waals surface area contributed by atoms with E-state index in [9.17, 15) is 15.0 Å². The molecule has 112 valence electrons. The molecule has 0 aromatic heterocycles. The first-order valence-corrected chi connectivity index (χ1v) is 6.75. The van der Waals surface area contributed by atoms with E-state index in [1.54, 1.807) is 6.92 Å². The number of ether oxygens (including phenoxy) is 2. The van der Waals surface area contributed by atoms with Crippen LogP contribution in [0.1, 0.15) is 25.3 Å². The predicted octanol–water partition coefficient (Wildman–Crippen LogP) is 1.27. The van der Waals surface area contributed by atoms with Crippen LogP contribution < -0.4 is 0 Å². The molecule has 5 nitrogen and oxygen atoms in total. The zero-order valence-corrected chi connectivity index (χ0v) is 11.7. The Morgan fingerprint density at radius 1 is 1.20 bits per heavy atom. The van der Waals surface area contributed by atoms with E-state index < -0.39 is 18.2 Å². The van der Waals surface area contributed by atoms with E-state index in [0.717, 1.165) is 5.56 Å². The standard InChI is InChI=1S/C15H22O5/c1-2-20-15(18)9-13(16)8-14(17)11-19-10-12-6-4-3-5-7-12/h3-7,13-14,16-17H,2,8-11H2,1H3/t13-,14-/m0/s1. The third kappa shape index (κ3) is 7.23. The Hall–Kier alpha value is -1.43. The number of hydrogen-bond donors (Lipinski definition) is 2. The highest BCUT2D eigenvalue weighted by molar-refractivity contribution is 5.69. The van der Waals surface area contributed by atoms with Crippen molar-refractivity contribution in [3.05, 3.63) is 35.9 Å². The zero-order chi connectivity index (χ0) is 14.8. The van der Waals surface area contributed by atoms with Crippen molar-refractivity contribution in [2.24, 2.45) is 0 Å². The van der Waals surface area contributed by atoms with Crippen LogP contribution in [0, 0.1) is 0 Å². The molecule has 20 heavy (non-hydrogen) atoms. The van der Waals surface area contributed by atoms with Crippen LogP contribution in [-0.4, -0.2) is 41.6 Å². The maximum Gasteiger partial charge on any atom is 0.308 e. The van der Waals surface area contributed by atoms with E-state index in [1.165, 1.54) is 0 Å². The van der Waals surface area contributed by atoms with Crippen molar-refractivity contribution in [1.29, 1.82) is 0 Å². The summed E-state index contributed by atoms with van der Waals surface area (Å²) in [5.41, 5.74) is 1.02. The molecule has 0 radical (unpaired) electrons. The van der Waals surface area contributed by atoms with Gasteiger partial charge in [0.2, 0.25) is 0 Å². The number of carbonyl (C=O) groups is 1. The van der Waals surface area contributed by atoms with Gasteiger partial charge in [0.1, 0.15) is 0 Å². The van der Waals surface area contributed by atoms with E-state index in [2.05, 4.69) is 0 Å². The molecule has 0 aliphatic rings. The van der Waals surface area contributed by atoms with E-state index in [1.807, 2.05) is 30.3 Å². The molecule has 0 unspecified atom stereocenters. The maximum absolute atomic E-state index is 11.1. The third-order valence-electron chi connectivity index (χ3n) is 2.67. The van der Waals surface area contributed by atoms with Crippen LogP contribution >= 0.6 is 0 Å². The van der Waals surface area contributed by atoms with Gasteiger partial charge in [-0.15, -0.1) is 0 Å². The monoisotopic (exact) mass is 282 g/mol. The molecule has 0 saturated heterocycles. The van der Waals surface area contributed by atoms with Gasteiger partial charge in [-0.1, -0.05) is 30.3 Å². The van der Waals surface area contributed by atoms with E-state index in [4.69, 9.17) is 9.47 Å². The zero-order valence-electron chi connectivity index (χ0n) is 11.7. The van der Waals surface area contributed by atoms with Crippen molar-refractivity contribution < 1.29 is 24.5 Å². The van der Waals surface area contributed by atoms with Crippen LogP contribution in [0.25, 0.3) is 0 Å². The van der Waals surface area contributed by atoms with E-state index in [-0.39, 0.29) is 26.1 Å². The molecule has 0 fully saturated rings. The molecule has 0 spiro atoms. The van der Waals surface area contributed by atoms with Gasteiger partial charge in [-0.3, -0.25) is 4.79 Å². The smallest absolute Gasteiger partial charge is 0.308 e. The van der Waals surface area contributed by atoms with Gasteiger partial charge in [-0.25, -0.2) is 0 Å². The highest BCUT2D eigenvalue weighted by Crippen LogP contribution is 2.06. The number of carbonyl (C=O) groups excluding carboxylic acids is 1. The number of hydrogen-bond acceptors (Lipinski definition) is 5. The minimum Gasteiger partial charge on any atom is -0.466 e. The van der Waals surface area contributed by atoms with Gasteiger partial charge in [-0.05, 0) is 12.5 Å². The Morgan fingerprint density at radius 3 is 2.55 bits per heavy atom. The highest BCUT2D eigenvalue weighted by atomic mass is 16.5. The average molecular weight is 282 g/mol. The Bertz CT molecular complexity index is 379. The molecule has 2 atom stereocenters. The van der Waals surface area contributed by atoms with Crippen LogP contribution in [0.3, 0.4) is 0 Å². The van der Waals surface area contributed by atoms with Gasteiger partial charge in [0, 0.05) is 6.42 Å². The van der Waals surface area contributed by atoms with Crippen molar-refractivity contribution >= 4 is 5.97 Å². The first kappa shape index (κ1) is 16.6. The van der Waals surface area contributed by atoms with Gasteiger partial charge in [0.25, 0.3) is 0 Å². The SMILES string of the molecule is CCOC(=O)C[C@@H](O)C[C@H](O)COCc1ccccc1. The van der Waals surface area contributed by atoms with Crippen molar-refractivity contribution in [3.8, 4) is 0 Å². The molecule has 0 aliphatic heterocycles. The molecule has 0 amide bonds. The Balaban J connectivity index is 2.16. The average Bonchev–Trinajstić information content (AvgIpc) is 2.39. The number of aliphatic hydroxyl groups is 2. The van der Waals surface area contributed by atoms with Crippen LogP contribution in [0.4, 0.5) is 0 Å². The molecule has 1 aromatic carbocycles. The second-order valence-corrected chi connectivity index (χ2v) is 4.55. The quantitative estimate of drug-likeness (QED) is 0.667. The topological polar surface area (TPSA) is 76.0 Å². The van der Waals surface area contributed by atoms with Crippen molar-refractivity contribution in [3.63, 3.8) is 0 Å². The second-order valence-electron chi connectivity index (χ2n) is 4.55. The lowest BCUT2D eigenvalue weighted by Crippen LogP contribution is -2.25. The summed E-state index contributed by atoms with van der Waals surface area (Å²) in [5.74, 6) is -0.461. The Kier molecular flexibility index (Phi) is 7.87. The summed E-state index contributed by atoms with van der Waals surface area (Å²) >= 11 is 0. The predicted molar refractivity (Wildman–Crippen MR) is 74.0 cm³/mol. The summed E-state index contributed by atoms with van der Waals surface area (Å²) in [6, 6.07) is 9.62. The summed E-state index contributed by atoms with van der Waals surface area (Å²) in [6.07, 6.45) is -1.73. The van der Waals surface area contributed by atoms with Gasteiger partial charge < -0.3 is 19.7 Å². The normalized spacial score (nSPS) is 13.8. The Morgan fingerprint density at radius 2 is 1.90 bits per heavy atom. The highest BCUT2D eigenvalue weighted by Gasteiger charge is 2.16. The van der Waals surface area contributed by atoms with E-state index >= 15 is 0 Å². The van der Waals surface area contributed by atoms with Gasteiger partial charge >= 0.3 is 5.97 Å². The summed E-state index contributed by atoms with van der Waals surface area (Å²) in [6.45, 7) is 2.52. The molecule has 0 bridgehead atoms.